The maximum atomic E-state index is 10.9. The first-order valence-corrected chi connectivity index (χ1v) is 6.38. The summed E-state index contributed by atoms with van der Waals surface area (Å²) in [6.45, 7) is 7.51. The Morgan fingerprint density at radius 1 is 1.12 bits per heavy atom. The van der Waals surface area contributed by atoms with Gasteiger partial charge < -0.3 is 10.2 Å². The minimum Gasteiger partial charge on any atom is -0.389 e. The molecule has 0 amide bonds. The Morgan fingerprint density at radius 3 is 2.41 bits per heavy atom. The lowest BCUT2D eigenvalue weighted by Gasteiger charge is -2.49. The van der Waals surface area contributed by atoms with Crippen molar-refractivity contribution in [1.82, 2.24) is 0 Å². The van der Waals surface area contributed by atoms with Gasteiger partial charge in [0.05, 0.1) is 11.2 Å². The molecule has 0 aromatic rings. The number of allylic oxidation sites excluding steroid dienone is 2. The normalized spacial score (nSPS) is 45.1. The molecule has 2 aliphatic rings. The predicted octanol–water partition coefficient (Wildman–Crippen LogP) is 2.73. The molecule has 2 rings (SSSR count). The fourth-order valence-electron chi connectivity index (χ4n) is 3.76. The Hall–Kier alpha value is -0.860. The zero-order valence-corrected chi connectivity index (χ0v) is 10.4. The van der Waals surface area contributed by atoms with Crippen LogP contribution >= 0.6 is 0 Å². The van der Waals surface area contributed by atoms with Gasteiger partial charge in [-0.3, -0.25) is 0 Å². The zero-order chi connectivity index (χ0) is 12.6. The molecule has 0 radical (unpaired) electrons. The van der Waals surface area contributed by atoms with Crippen molar-refractivity contribution in [2.75, 3.05) is 0 Å². The van der Waals surface area contributed by atoms with Crippen LogP contribution in [0.15, 0.2) is 37.5 Å². The van der Waals surface area contributed by atoms with Gasteiger partial charge in [0.15, 0.2) is 0 Å². The molecular formula is C15H22O2. The lowest BCUT2D eigenvalue weighted by atomic mass is 9.60. The highest BCUT2D eigenvalue weighted by Crippen LogP contribution is 2.60. The molecule has 2 aliphatic carbocycles. The van der Waals surface area contributed by atoms with E-state index in [-0.39, 0.29) is 0 Å². The molecule has 1 saturated carbocycles. The van der Waals surface area contributed by atoms with E-state index in [9.17, 15) is 10.2 Å². The molecule has 2 heteroatoms. The van der Waals surface area contributed by atoms with Crippen molar-refractivity contribution in [1.29, 1.82) is 0 Å². The highest BCUT2D eigenvalue weighted by Gasteiger charge is 2.64. The molecule has 0 heterocycles. The van der Waals surface area contributed by atoms with Crippen LogP contribution in [0.5, 0.6) is 0 Å². The van der Waals surface area contributed by atoms with Gasteiger partial charge in [0.25, 0.3) is 0 Å². The Balaban J connectivity index is 2.47. The third kappa shape index (κ3) is 1.54. The maximum Gasteiger partial charge on any atom is 0.0912 e. The smallest absolute Gasteiger partial charge is 0.0912 e. The molecule has 0 saturated heterocycles. The standard InChI is InChI=1S/C15H22O2/c1-3-8-15(17)12-11-14(16,4-2)13(15)9-6-5-7-10-13/h3-6,16-17H,1-2,7-12H2/t13?,14-,15+/m0/s1. The molecular weight excluding hydrogens is 212 g/mol. The monoisotopic (exact) mass is 234 g/mol. The van der Waals surface area contributed by atoms with E-state index in [1.807, 2.05) is 0 Å². The average molecular weight is 234 g/mol. The van der Waals surface area contributed by atoms with Gasteiger partial charge in [-0.1, -0.05) is 24.3 Å². The molecule has 0 aliphatic heterocycles. The van der Waals surface area contributed by atoms with Crippen molar-refractivity contribution in [2.45, 2.75) is 49.7 Å². The van der Waals surface area contributed by atoms with Crippen molar-refractivity contribution in [3.8, 4) is 0 Å². The van der Waals surface area contributed by atoms with Gasteiger partial charge in [0.1, 0.15) is 0 Å². The van der Waals surface area contributed by atoms with Crippen molar-refractivity contribution < 1.29 is 10.2 Å². The summed E-state index contributed by atoms with van der Waals surface area (Å²) in [4.78, 5) is 0. The molecule has 1 unspecified atom stereocenters. The summed E-state index contributed by atoms with van der Waals surface area (Å²) in [6.07, 6.45) is 11.8. The molecule has 2 N–H and O–H groups in total. The van der Waals surface area contributed by atoms with Crippen LogP contribution in [0.4, 0.5) is 0 Å². The van der Waals surface area contributed by atoms with Crippen LogP contribution < -0.4 is 0 Å². The second kappa shape index (κ2) is 4.11. The molecule has 3 atom stereocenters. The summed E-state index contributed by atoms with van der Waals surface area (Å²) in [7, 11) is 0. The second-order valence-electron chi connectivity index (χ2n) is 5.45. The quantitative estimate of drug-likeness (QED) is 0.737. The lowest BCUT2D eigenvalue weighted by molar-refractivity contribution is -0.134. The van der Waals surface area contributed by atoms with E-state index in [0.717, 1.165) is 19.3 Å². The van der Waals surface area contributed by atoms with E-state index in [4.69, 9.17) is 0 Å². The fraction of sp³-hybridized carbons (Fsp3) is 0.600. The average Bonchev–Trinajstić information content (AvgIpc) is 2.55. The minimum atomic E-state index is -0.949. The Morgan fingerprint density at radius 2 is 1.88 bits per heavy atom. The third-order valence-corrected chi connectivity index (χ3v) is 4.83. The first-order valence-electron chi connectivity index (χ1n) is 6.38. The Labute approximate surface area is 103 Å². The topological polar surface area (TPSA) is 40.5 Å². The van der Waals surface area contributed by atoms with E-state index >= 15 is 0 Å². The molecule has 1 fully saturated rings. The van der Waals surface area contributed by atoms with Crippen molar-refractivity contribution in [3.63, 3.8) is 0 Å². The largest absolute Gasteiger partial charge is 0.389 e. The van der Waals surface area contributed by atoms with Gasteiger partial charge in [0, 0.05) is 5.41 Å². The molecule has 17 heavy (non-hydrogen) atoms. The van der Waals surface area contributed by atoms with E-state index in [1.54, 1.807) is 12.2 Å². The van der Waals surface area contributed by atoms with Crippen LogP contribution in [0.3, 0.4) is 0 Å². The van der Waals surface area contributed by atoms with Gasteiger partial charge in [-0.2, -0.15) is 0 Å². The molecule has 94 valence electrons. The zero-order valence-electron chi connectivity index (χ0n) is 10.4. The van der Waals surface area contributed by atoms with Gasteiger partial charge in [-0.15, -0.1) is 13.2 Å². The summed E-state index contributed by atoms with van der Waals surface area (Å²) in [6, 6.07) is 0. The van der Waals surface area contributed by atoms with E-state index in [0.29, 0.717) is 19.3 Å². The van der Waals surface area contributed by atoms with Crippen LogP contribution in [0.1, 0.15) is 38.5 Å². The molecule has 0 aromatic carbocycles. The lowest BCUT2D eigenvalue weighted by Crippen LogP contribution is -2.55. The van der Waals surface area contributed by atoms with Crippen LogP contribution in [0.25, 0.3) is 0 Å². The first kappa shape index (κ1) is 12.6. The highest BCUT2D eigenvalue weighted by molar-refractivity contribution is 5.25. The number of hydrogen-bond donors (Lipinski definition) is 2. The predicted molar refractivity (Wildman–Crippen MR) is 69.6 cm³/mol. The number of aliphatic hydroxyl groups is 2. The summed E-state index contributed by atoms with van der Waals surface area (Å²) < 4.78 is 0. The second-order valence-corrected chi connectivity index (χ2v) is 5.45. The summed E-state index contributed by atoms with van der Waals surface area (Å²) in [5.41, 5.74) is -2.28. The van der Waals surface area contributed by atoms with Crippen LogP contribution in [-0.2, 0) is 0 Å². The third-order valence-electron chi connectivity index (χ3n) is 4.83. The molecule has 2 nitrogen and oxygen atoms in total. The van der Waals surface area contributed by atoms with Crippen molar-refractivity contribution in [2.24, 2.45) is 5.41 Å². The number of hydrogen-bond acceptors (Lipinski definition) is 2. The van der Waals surface area contributed by atoms with Crippen LogP contribution in [0, 0.1) is 5.41 Å². The van der Waals surface area contributed by atoms with E-state index in [1.165, 1.54) is 0 Å². The van der Waals surface area contributed by atoms with Crippen LogP contribution in [0.2, 0.25) is 0 Å². The molecule has 0 bridgehead atoms. The highest BCUT2D eigenvalue weighted by atomic mass is 16.3. The van der Waals surface area contributed by atoms with E-state index in [2.05, 4.69) is 25.3 Å². The molecule has 0 aromatic heterocycles. The first-order chi connectivity index (χ1) is 8.04. The van der Waals surface area contributed by atoms with Gasteiger partial charge in [-0.05, 0) is 38.5 Å². The Kier molecular flexibility index (Phi) is 3.04. The fourth-order valence-corrected chi connectivity index (χ4v) is 3.76. The summed E-state index contributed by atoms with van der Waals surface area (Å²) in [5.74, 6) is 0. The maximum absolute atomic E-state index is 10.9. The number of rotatable bonds is 3. The van der Waals surface area contributed by atoms with Gasteiger partial charge in [0.2, 0.25) is 0 Å². The molecule has 1 spiro atoms. The SMILES string of the molecule is C=CC[C@@]1(O)CC[C@@](O)(C=C)C12CC=CCC2. The summed E-state index contributed by atoms with van der Waals surface area (Å²) in [5, 5.41) is 21.7. The summed E-state index contributed by atoms with van der Waals surface area (Å²) >= 11 is 0. The van der Waals surface area contributed by atoms with Crippen LogP contribution in [-0.4, -0.2) is 21.4 Å². The minimum absolute atomic E-state index is 0.481. The Bertz CT molecular complexity index is 360. The van der Waals surface area contributed by atoms with E-state index < -0.39 is 16.6 Å². The van der Waals surface area contributed by atoms with Gasteiger partial charge >= 0.3 is 0 Å². The van der Waals surface area contributed by atoms with Gasteiger partial charge in [-0.25, -0.2) is 0 Å². The van der Waals surface area contributed by atoms with Crippen molar-refractivity contribution in [3.05, 3.63) is 37.5 Å². The van der Waals surface area contributed by atoms with Crippen molar-refractivity contribution >= 4 is 0 Å².